The fraction of sp³-hybridized carbons (Fsp3) is 0.0909. The van der Waals surface area contributed by atoms with E-state index in [-0.39, 0.29) is 0 Å². The summed E-state index contributed by atoms with van der Waals surface area (Å²) in [6.07, 6.45) is 1.45. The van der Waals surface area contributed by atoms with Gasteiger partial charge in [-0.1, -0.05) is 6.07 Å². The summed E-state index contributed by atoms with van der Waals surface area (Å²) < 4.78 is 5.24. The molecule has 2 heterocycles. The van der Waals surface area contributed by atoms with Crippen LogP contribution < -0.4 is 0 Å². The van der Waals surface area contributed by atoms with Crippen molar-refractivity contribution in [2.45, 2.75) is 6.92 Å². The van der Waals surface area contributed by atoms with Crippen molar-refractivity contribution in [3.63, 3.8) is 0 Å². The van der Waals surface area contributed by atoms with Crippen molar-refractivity contribution in [2.24, 2.45) is 0 Å². The Balaban J connectivity index is 2.18. The fourth-order valence-electron chi connectivity index (χ4n) is 1.58. The lowest BCUT2D eigenvalue weighted by Gasteiger charge is -1.94. The van der Waals surface area contributed by atoms with Crippen LogP contribution in [0.5, 0.6) is 0 Å². The Morgan fingerprint density at radius 1 is 1.27 bits per heavy atom. The third kappa shape index (κ3) is 1.30. The highest BCUT2D eigenvalue weighted by atomic mass is 16.3. The van der Waals surface area contributed by atoms with Crippen molar-refractivity contribution in [3.8, 4) is 11.3 Å². The lowest BCUT2D eigenvalue weighted by molar-refractivity contribution is 0.602. The van der Waals surface area contributed by atoms with Crippen LogP contribution in [0.2, 0.25) is 0 Å². The summed E-state index contributed by atoms with van der Waals surface area (Å²) in [7, 11) is 0. The van der Waals surface area contributed by atoms with Crippen molar-refractivity contribution in [2.75, 3.05) is 0 Å². The number of nitrogens with one attached hydrogen (secondary N) is 1. The van der Waals surface area contributed by atoms with E-state index in [9.17, 15) is 0 Å². The molecule has 3 aromatic rings. The second kappa shape index (κ2) is 2.95. The largest absolute Gasteiger partial charge is 0.443 e. The van der Waals surface area contributed by atoms with Crippen LogP contribution in [0.25, 0.3) is 22.4 Å². The molecule has 0 radical (unpaired) electrons. The van der Waals surface area contributed by atoms with Gasteiger partial charge in [0, 0.05) is 11.3 Å². The number of benzene rings is 1. The molecule has 4 nitrogen and oxygen atoms in total. The maximum Gasteiger partial charge on any atom is 0.181 e. The number of oxazole rings is 1. The van der Waals surface area contributed by atoms with Crippen LogP contribution in [0.15, 0.2) is 35.1 Å². The van der Waals surface area contributed by atoms with E-state index in [0.29, 0.717) is 0 Å². The van der Waals surface area contributed by atoms with Gasteiger partial charge in [0.05, 0.1) is 5.69 Å². The molecule has 0 amide bonds. The topological polar surface area (TPSA) is 54.7 Å². The second-order valence-corrected chi connectivity index (χ2v) is 3.47. The zero-order chi connectivity index (χ0) is 10.3. The van der Waals surface area contributed by atoms with E-state index in [1.54, 1.807) is 0 Å². The molecule has 0 aliphatic rings. The maximum atomic E-state index is 5.24. The summed E-state index contributed by atoms with van der Waals surface area (Å²) in [5, 5.41) is 7.10. The minimum Gasteiger partial charge on any atom is -0.443 e. The van der Waals surface area contributed by atoms with E-state index < -0.39 is 0 Å². The molecule has 0 atom stereocenters. The van der Waals surface area contributed by atoms with E-state index in [1.165, 1.54) is 6.39 Å². The average Bonchev–Trinajstić information content (AvgIpc) is 2.84. The molecule has 3 rings (SSSR count). The first kappa shape index (κ1) is 8.23. The van der Waals surface area contributed by atoms with E-state index in [0.717, 1.165) is 28.1 Å². The number of fused-ring (bicyclic) bond motifs is 1. The molecule has 74 valence electrons. The van der Waals surface area contributed by atoms with Gasteiger partial charge in [0.15, 0.2) is 12.0 Å². The summed E-state index contributed by atoms with van der Waals surface area (Å²) in [6, 6.07) is 7.86. The van der Waals surface area contributed by atoms with Gasteiger partial charge in [-0.25, -0.2) is 4.98 Å². The molecule has 15 heavy (non-hydrogen) atoms. The van der Waals surface area contributed by atoms with Gasteiger partial charge in [-0.2, -0.15) is 5.10 Å². The Hall–Kier alpha value is -2.10. The van der Waals surface area contributed by atoms with E-state index in [2.05, 4.69) is 15.2 Å². The minimum atomic E-state index is 0.785. The SMILES string of the molecule is Cc1cc(-c2ccc3ncoc3c2)n[nH]1. The van der Waals surface area contributed by atoms with Crippen molar-refractivity contribution in [1.82, 2.24) is 15.2 Å². The molecule has 0 saturated heterocycles. The molecule has 0 spiro atoms. The minimum absolute atomic E-state index is 0.785. The van der Waals surface area contributed by atoms with Crippen molar-refractivity contribution in [3.05, 3.63) is 36.4 Å². The van der Waals surface area contributed by atoms with Gasteiger partial charge in [0.2, 0.25) is 0 Å². The van der Waals surface area contributed by atoms with Gasteiger partial charge in [-0.15, -0.1) is 0 Å². The van der Waals surface area contributed by atoms with E-state index >= 15 is 0 Å². The van der Waals surface area contributed by atoms with Gasteiger partial charge in [0.25, 0.3) is 0 Å². The highest BCUT2D eigenvalue weighted by Gasteiger charge is 2.04. The maximum absolute atomic E-state index is 5.24. The van der Waals surface area contributed by atoms with Crippen LogP contribution in [0.1, 0.15) is 5.69 Å². The molecule has 4 heteroatoms. The molecular formula is C11H9N3O. The highest BCUT2D eigenvalue weighted by Crippen LogP contribution is 2.22. The normalized spacial score (nSPS) is 11.0. The van der Waals surface area contributed by atoms with Gasteiger partial charge >= 0.3 is 0 Å². The zero-order valence-electron chi connectivity index (χ0n) is 8.19. The third-order valence-corrected chi connectivity index (χ3v) is 2.33. The number of hydrogen-bond acceptors (Lipinski definition) is 3. The Kier molecular flexibility index (Phi) is 1.62. The number of hydrogen-bond donors (Lipinski definition) is 1. The molecule has 0 saturated carbocycles. The summed E-state index contributed by atoms with van der Waals surface area (Å²) in [5.74, 6) is 0. The Labute approximate surface area is 85.9 Å². The number of nitrogens with zero attached hydrogens (tertiary/aromatic N) is 2. The molecule has 1 aromatic carbocycles. The van der Waals surface area contributed by atoms with Gasteiger partial charge in [-0.3, -0.25) is 5.10 Å². The third-order valence-electron chi connectivity index (χ3n) is 2.33. The molecule has 0 aliphatic carbocycles. The molecule has 0 aliphatic heterocycles. The quantitative estimate of drug-likeness (QED) is 0.655. The Morgan fingerprint density at radius 3 is 3.00 bits per heavy atom. The van der Waals surface area contributed by atoms with Gasteiger partial charge < -0.3 is 4.42 Å². The van der Waals surface area contributed by atoms with Crippen LogP contribution in [0.4, 0.5) is 0 Å². The molecule has 0 unspecified atom stereocenters. The Bertz CT molecular complexity index is 609. The van der Waals surface area contributed by atoms with Gasteiger partial charge in [0.1, 0.15) is 5.52 Å². The highest BCUT2D eigenvalue weighted by molar-refractivity contribution is 5.78. The van der Waals surface area contributed by atoms with Crippen LogP contribution >= 0.6 is 0 Å². The lowest BCUT2D eigenvalue weighted by atomic mass is 10.1. The predicted octanol–water partition coefficient (Wildman–Crippen LogP) is 2.53. The van der Waals surface area contributed by atoms with Crippen LogP contribution in [0, 0.1) is 6.92 Å². The zero-order valence-corrected chi connectivity index (χ0v) is 8.19. The number of rotatable bonds is 1. The number of aromatic nitrogens is 3. The lowest BCUT2D eigenvalue weighted by Crippen LogP contribution is -1.77. The predicted molar refractivity (Wildman–Crippen MR) is 56.3 cm³/mol. The molecule has 2 aromatic heterocycles. The molecular weight excluding hydrogens is 190 g/mol. The summed E-state index contributed by atoms with van der Waals surface area (Å²) in [4.78, 5) is 4.06. The smallest absolute Gasteiger partial charge is 0.181 e. The fourth-order valence-corrected chi connectivity index (χ4v) is 1.58. The number of aryl methyl sites for hydroxylation is 1. The first-order valence-electron chi connectivity index (χ1n) is 4.68. The van der Waals surface area contributed by atoms with Crippen molar-refractivity contribution in [1.29, 1.82) is 0 Å². The van der Waals surface area contributed by atoms with E-state index in [4.69, 9.17) is 4.42 Å². The van der Waals surface area contributed by atoms with Crippen molar-refractivity contribution >= 4 is 11.1 Å². The molecule has 0 fully saturated rings. The van der Waals surface area contributed by atoms with E-state index in [1.807, 2.05) is 31.2 Å². The standard InChI is InChI=1S/C11H9N3O/c1-7-4-10(14-13-7)8-2-3-9-11(5-8)15-6-12-9/h2-6H,1H3,(H,13,14). The van der Waals surface area contributed by atoms with Crippen LogP contribution in [-0.4, -0.2) is 15.2 Å². The van der Waals surface area contributed by atoms with Crippen LogP contribution in [-0.2, 0) is 0 Å². The van der Waals surface area contributed by atoms with Crippen molar-refractivity contribution < 1.29 is 4.42 Å². The molecule has 1 N–H and O–H groups in total. The van der Waals surface area contributed by atoms with Crippen LogP contribution in [0.3, 0.4) is 0 Å². The first-order valence-corrected chi connectivity index (χ1v) is 4.68. The summed E-state index contributed by atoms with van der Waals surface area (Å²) in [5.41, 5.74) is 4.65. The summed E-state index contributed by atoms with van der Waals surface area (Å²) in [6.45, 7) is 1.98. The molecule has 0 bridgehead atoms. The Morgan fingerprint density at radius 2 is 2.20 bits per heavy atom. The monoisotopic (exact) mass is 199 g/mol. The second-order valence-electron chi connectivity index (χ2n) is 3.47. The van der Waals surface area contributed by atoms with Gasteiger partial charge in [-0.05, 0) is 25.1 Å². The number of H-pyrrole nitrogens is 1. The number of aromatic amines is 1. The summed E-state index contributed by atoms with van der Waals surface area (Å²) >= 11 is 0. The first-order chi connectivity index (χ1) is 7.33. The average molecular weight is 199 g/mol.